The standard InChI is InChI=1S/C16H12ClNO4/c17-11-4-3-9(6-10(11)16(21)22)18-14(19)12-7-1-2-8(5-7)13(12)15(18)20/h1-4,6-8,12-13H,5H2,(H,21,22)/p-1/t7-,8+,12+,13-. The van der Waals surface area contributed by atoms with E-state index in [-0.39, 0.29) is 51.8 Å². The number of amides is 2. The van der Waals surface area contributed by atoms with Crippen molar-refractivity contribution >= 4 is 35.1 Å². The highest BCUT2D eigenvalue weighted by atomic mass is 35.5. The van der Waals surface area contributed by atoms with Crippen molar-refractivity contribution in [3.05, 3.63) is 40.9 Å². The van der Waals surface area contributed by atoms with Gasteiger partial charge in [-0.1, -0.05) is 23.8 Å². The minimum absolute atomic E-state index is 0.0183. The van der Waals surface area contributed by atoms with Crippen LogP contribution in [-0.4, -0.2) is 17.8 Å². The van der Waals surface area contributed by atoms with Gasteiger partial charge in [-0.3, -0.25) is 9.59 Å². The Bertz CT molecular complexity index is 727. The largest absolute Gasteiger partial charge is 0.545 e. The molecule has 3 aliphatic rings. The normalized spacial score (nSPS) is 32.0. The molecule has 4 atom stereocenters. The van der Waals surface area contributed by atoms with E-state index in [1.165, 1.54) is 18.2 Å². The van der Waals surface area contributed by atoms with E-state index in [2.05, 4.69) is 0 Å². The van der Waals surface area contributed by atoms with E-state index in [0.29, 0.717) is 0 Å². The Labute approximate surface area is 131 Å². The van der Waals surface area contributed by atoms with Crippen molar-refractivity contribution in [3.63, 3.8) is 0 Å². The van der Waals surface area contributed by atoms with Gasteiger partial charge in [0.2, 0.25) is 11.8 Å². The Morgan fingerprint density at radius 1 is 1.14 bits per heavy atom. The van der Waals surface area contributed by atoms with Crippen molar-refractivity contribution in [3.8, 4) is 0 Å². The van der Waals surface area contributed by atoms with Gasteiger partial charge in [-0.05, 0) is 36.5 Å². The maximum atomic E-state index is 12.6. The highest BCUT2D eigenvalue weighted by Crippen LogP contribution is 2.53. The third-order valence-electron chi connectivity index (χ3n) is 4.90. The summed E-state index contributed by atoms with van der Waals surface area (Å²) in [5.41, 5.74) is 0.0188. The molecule has 1 aromatic carbocycles. The van der Waals surface area contributed by atoms with Gasteiger partial charge in [-0.15, -0.1) is 0 Å². The van der Waals surface area contributed by atoms with Crippen molar-refractivity contribution in [2.75, 3.05) is 4.90 Å². The molecule has 6 heteroatoms. The summed E-state index contributed by atoms with van der Waals surface area (Å²) in [4.78, 5) is 37.4. The van der Waals surface area contributed by atoms with Gasteiger partial charge in [0, 0.05) is 10.6 Å². The van der Waals surface area contributed by atoms with Gasteiger partial charge in [0.05, 0.1) is 23.5 Å². The number of hydrogen-bond donors (Lipinski definition) is 0. The molecular weight excluding hydrogens is 306 g/mol. The molecule has 1 aliphatic heterocycles. The lowest BCUT2D eigenvalue weighted by atomic mass is 9.85. The minimum Gasteiger partial charge on any atom is -0.545 e. The zero-order valence-corrected chi connectivity index (χ0v) is 12.1. The van der Waals surface area contributed by atoms with Crippen molar-refractivity contribution in [1.29, 1.82) is 0 Å². The predicted octanol–water partition coefficient (Wildman–Crippen LogP) is 1.01. The van der Waals surface area contributed by atoms with Crippen LogP contribution in [0.25, 0.3) is 0 Å². The molecule has 0 aromatic heterocycles. The number of carbonyl (C=O) groups is 3. The number of carbonyl (C=O) groups excluding carboxylic acids is 3. The average molecular weight is 317 g/mol. The fourth-order valence-electron chi connectivity index (χ4n) is 3.97. The topological polar surface area (TPSA) is 77.5 Å². The van der Waals surface area contributed by atoms with Crippen LogP contribution in [0.3, 0.4) is 0 Å². The van der Waals surface area contributed by atoms with E-state index in [9.17, 15) is 19.5 Å². The predicted molar refractivity (Wildman–Crippen MR) is 76.0 cm³/mol. The summed E-state index contributed by atoms with van der Waals surface area (Å²) in [7, 11) is 0. The zero-order valence-electron chi connectivity index (χ0n) is 11.4. The second-order valence-electron chi connectivity index (χ2n) is 5.96. The number of rotatable bonds is 2. The van der Waals surface area contributed by atoms with Crippen molar-refractivity contribution in [1.82, 2.24) is 0 Å². The van der Waals surface area contributed by atoms with Crippen LogP contribution in [0.4, 0.5) is 5.69 Å². The third kappa shape index (κ3) is 1.63. The van der Waals surface area contributed by atoms with Crippen LogP contribution in [0.1, 0.15) is 16.8 Å². The van der Waals surface area contributed by atoms with Gasteiger partial charge in [0.25, 0.3) is 0 Å². The minimum atomic E-state index is -1.44. The molecule has 22 heavy (non-hydrogen) atoms. The van der Waals surface area contributed by atoms with E-state index in [4.69, 9.17) is 11.6 Å². The van der Waals surface area contributed by atoms with Gasteiger partial charge in [-0.25, -0.2) is 4.90 Å². The van der Waals surface area contributed by atoms with E-state index < -0.39 is 5.97 Å². The van der Waals surface area contributed by atoms with E-state index >= 15 is 0 Å². The number of fused-ring (bicyclic) bond motifs is 5. The maximum Gasteiger partial charge on any atom is 0.238 e. The molecule has 2 amide bonds. The number of aromatic carboxylic acids is 1. The molecule has 1 heterocycles. The highest BCUT2D eigenvalue weighted by Gasteiger charge is 2.59. The lowest BCUT2D eigenvalue weighted by Gasteiger charge is -2.18. The number of carboxylic acid groups (broad SMARTS) is 1. The summed E-state index contributed by atoms with van der Waals surface area (Å²) < 4.78 is 0. The number of hydrogen-bond acceptors (Lipinski definition) is 4. The Balaban J connectivity index is 1.76. The van der Waals surface area contributed by atoms with Crippen LogP contribution >= 0.6 is 11.6 Å². The van der Waals surface area contributed by atoms with Crippen LogP contribution in [-0.2, 0) is 9.59 Å². The molecule has 2 aliphatic carbocycles. The number of imide groups is 1. The zero-order chi connectivity index (χ0) is 15.6. The number of benzene rings is 1. The summed E-state index contributed by atoms with van der Waals surface area (Å²) in [6.45, 7) is 0. The average Bonchev–Trinajstić information content (AvgIpc) is 3.14. The smallest absolute Gasteiger partial charge is 0.238 e. The van der Waals surface area contributed by atoms with Crippen molar-refractivity contribution < 1.29 is 19.5 Å². The second-order valence-corrected chi connectivity index (χ2v) is 6.37. The molecule has 5 nitrogen and oxygen atoms in total. The van der Waals surface area contributed by atoms with Gasteiger partial charge in [0.1, 0.15) is 0 Å². The SMILES string of the molecule is O=C([O-])c1cc(N2C(=O)[C@@H]3[C@H](C2=O)[C@H]2C=C[C@@H]3C2)ccc1Cl. The van der Waals surface area contributed by atoms with Gasteiger partial charge < -0.3 is 9.90 Å². The molecule has 1 saturated heterocycles. The molecule has 0 spiro atoms. The van der Waals surface area contributed by atoms with E-state index in [1.54, 1.807) is 0 Å². The van der Waals surface area contributed by atoms with Gasteiger partial charge in [0.15, 0.2) is 0 Å². The summed E-state index contributed by atoms with van der Waals surface area (Å²) in [5.74, 6) is -2.34. The fourth-order valence-corrected chi connectivity index (χ4v) is 4.16. The molecule has 1 aromatic rings. The molecule has 0 N–H and O–H groups in total. The monoisotopic (exact) mass is 316 g/mol. The Morgan fingerprint density at radius 2 is 1.73 bits per heavy atom. The fraction of sp³-hybridized carbons (Fsp3) is 0.312. The summed E-state index contributed by atoms with van der Waals surface area (Å²) in [5, 5.41) is 11.1. The molecule has 112 valence electrons. The first-order valence-electron chi connectivity index (χ1n) is 7.06. The summed E-state index contributed by atoms with van der Waals surface area (Å²) in [6, 6.07) is 4.08. The number of carboxylic acids is 1. The Hall–Kier alpha value is -2.14. The first-order valence-corrected chi connectivity index (χ1v) is 7.44. The molecule has 2 fully saturated rings. The van der Waals surface area contributed by atoms with Crippen LogP contribution in [0, 0.1) is 23.7 Å². The first kappa shape index (κ1) is 13.5. The first-order chi connectivity index (χ1) is 10.5. The maximum absolute atomic E-state index is 12.6. The van der Waals surface area contributed by atoms with Gasteiger partial charge >= 0.3 is 0 Å². The Morgan fingerprint density at radius 3 is 2.27 bits per heavy atom. The third-order valence-corrected chi connectivity index (χ3v) is 5.23. The number of halogens is 1. The molecular formula is C16H11ClNO4-. The highest BCUT2D eigenvalue weighted by molar-refractivity contribution is 6.33. The second kappa shape index (κ2) is 4.43. The number of allylic oxidation sites excluding steroid dienone is 2. The molecule has 2 bridgehead atoms. The van der Waals surface area contributed by atoms with E-state index in [0.717, 1.165) is 11.3 Å². The quantitative estimate of drug-likeness (QED) is 0.603. The number of anilines is 1. The summed E-state index contributed by atoms with van der Waals surface area (Å²) >= 11 is 5.80. The van der Waals surface area contributed by atoms with E-state index in [1.807, 2.05) is 12.2 Å². The number of nitrogens with zero attached hydrogens (tertiary/aromatic N) is 1. The van der Waals surface area contributed by atoms with Crippen LogP contribution < -0.4 is 10.0 Å². The molecule has 0 radical (unpaired) electrons. The van der Waals surface area contributed by atoms with Gasteiger partial charge in [-0.2, -0.15) is 0 Å². The Kier molecular flexibility index (Phi) is 2.72. The van der Waals surface area contributed by atoms with Crippen molar-refractivity contribution in [2.24, 2.45) is 23.7 Å². The lowest BCUT2D eigenvalue weighted by Crippen LogP contribution is -2.33. The van der Waals surface area contributed by atoms with Crippen molar-refractivity contribution in [2.45, 2.75) is 6.42 Å². The van der Waals surface area contributed by atoms with Crippen LogP contribution in [0.2, 0.25) is 5.02 Å². The molecule has 0 unspecified atom stereocenters. The van der Waals surface area contributed by atoms with Crippen LogP contribution in [0.5, 0.6) is 0 Å². The van der Waals surface area contributed by atoms with Crippen LogP contribution in [0.15, 0.2) is 30.4 Å². The lowest BCUT2D eigenvalue weighted by molar-refractivity contribution is -0.255. The molecule has 1 saturated carbocycles. The summed E-state index contributed by atoms with van der Waals surface area (Å²) in [6.07, 6.45) is 4.87. The molecule has 4 rings (SSSR count).